The third kappa shape index (κ3) is 4.06. The Morgan fingerprint density at radius 3 is 2.57 bits per heavy atom. The maximum Gasteiger partial charge on any atom is 0.313 e. The van der Waals surface area contributed by atoms with Gasteiger partial charge < -0.3 is 15.0 Å². The topological polar surface area (TPSA) is 97.0 Å². The molecule has 0 radical (unpaired) electrons. The first-order valence-electron chi connectivity index (χ1n) is 7.40. The van der Waals surface area contributed by atoms with Gasteiger partial charge in [0.05, 0.1) is 10.8 Å². The van der Waals surface area contributed by atoms with Crippen molar-refractivity contribution in [2.75, 3.05) is 6.54 Å². The average Bonchev–Trinajstić information content (AvgIpc) is 2.91. The lowest BCUT2D eigenvalue weighted by Crippen LogP contribution is -2.42. The fourth-order valence-electron chi connectivity index (χ4n) is 1.93. The summed E-state index contributed by atoms with van der Waals surface area (Å²) in [7, 11) is 0. The van der Waals surface area contributed by atoms with E-state index >= 15 is 0 Å². The minimum atomic E-state index is -0.840. The molecule has 7 nitrogen and oxygen atoms in total. The maximum absolute atomic E-state index is 12.3. The maximum atomic E-state index is 12.3. The number of nitrogens with one attached hydrogen (secondary N) is 2. The van der Waals surface area contributed by atoms with Gasteiger partial charge in [-0.25, -0.2) is 9.97 Å². The quantitative estimate of drug-likeness (QED) is 0.841. The van der Waals surface area contributed by atoms with Gasteiger partial charge in [-0.3, -0.25) is 9.59 Å². The number of ether oxygens (including phenoxy) is 1. The highest BCUT2D eigenvalue weighted by Crippen LogP contribution is 2.21. The van der Waals surface area contributed by atoms with Gasteiger partial charge in [-0.05, 0) is 40.7 Å². The highest BCUT2D eigenvalue weighted by Gasteiger charge is 2.33. The number of carbonyl (C=O) groups excluding carboxylic acids is 2. The first kappa shape index (κ1) is 16.9. The second-order valence-electron chi connectivity index (χ2n) is 7.03. The number of aromatic amines is 1. The second kappa shape index (κ2) is 5.98. The molecule has 2 aromatic rings. The predicted octanol–water partition coefficient (Wildman–Crippen LogP) is 2.06. The Morgan fingerprint density at radius 2 is 1.91 bits per heavy atom. The van der Waals surface area contributed by atoms with Gasteiger partial charge >= 0.3 is 5.97 Å². The summed E-state index contributed by atoms with van der Waals surface area (Å²) in [6, 6.07) is 1.74. The van der Waals surface area contributed by atoms with E-state index in [0.29, 0.717) is 11.0 Å². The number of esters is 1. The fourth-order valence-corrected chi connectivity index (χ4v) is 1.93. The molecule has 124 valence electrons. The van der Waals surface area contributed by atoms with E-state index in [2.05, 4.69) is 20.3 Å². The summed E-state index contributed by atoms with van der Waals surface area (Å²) in [5, 5.41) is 3.38. The van der Waals surface area contributed by atoms with E-state index in [9.17, 15) is 9.59 Å². The molecule has 2 heterocycles. The molecule has 2 N–H and O–H groups in total. The van der Waals surface area contributed by atoms with Crippen LogP contribution in [-0.2, 0) is 9.53 Å². The zero-order valence-corrected chi connectivity index (χ0v) is 14.1. The average molecular weight is 318 g/mol. The Hall–Kier alpha value is -2.44. The first-order chi connectivity index (χ1) is 10.6. The number of carbonyl (C=O) groups is 2. The number of H-pyrrole nitrogens is 1. The van der Waals surface area contributed by atoms with Crippen LogP contribution >= 0.6 is 0 Å². The molecule has 0 fully saturated rings. The van der Waals surface area contributed by atoms with E-state index in [0.717, 1.165) is 0 Å². The van der Waals surface area contributed by atoms with Gasteiger partial charge in [0.15, 0.2) is 0 Å². The third-order valence-electron chi connectivity index (χ3n) is 3.21. The van der Waals surface area contributed by atoms with Crippen LogP contribution in [0.1, 0.15) is 45.1 Å². The molecular weight excluding hydrogens is 296 g/mol. The molecule has 0 spiro atoms. The summed E-state index contributed by atoms with van der Waals surface area (Å²) in [5.41, 5.74) is -0.539. The molecule has 2 rings (SSSR count). The van der Waals surface area contributed by atoms with Crippen LogP contribution in [-0.4, -0.2) is 39.0 Å². The number of aromatic nitrogens is 3. The van der Waals surface area contributed by atoms with Crippen molar-refractivity contribution in [1.82, 2.24) is 20.3 Å². The largest absolute Gasteiger partial charge is 0.460 e. The Kier molecular flexibility index (Phi) is 4.40. The summed E-state index contributed by atoms with van der Waals surface area (Å²) in [6.45, 7) is 9.03. The van der Waals surface area contributed by atoms with Crippen molar-refractivity contribution in [3.8, 4) is 0 Å². The van der Waals surface area contributed by atoms with Crippen molar-refractivity contribution in [1.29, 1.82) is 0 Å². The number of hydrogen-bond donors (Lipinski definition) is 2. The molecule has 1 amide bonds. The van der Waals surface area contributed by atoms with E-state index in [1.807, 2.05) is 20.8 Å². The van der Waals surface area contributed by atoms with E-state index < -0.39 is 11.0 Å². The zero-order valence-electron chi connectivity index (χ0n) is 14.1. The number of amides is 1. The molecule has 2 aromatic heterocycles. The van der Waals surface area contributed by atoms with Crippen molar-refractivity contribution >= 4 is 22.9 Å². The van der Waals surface area contributed by atoms with Crippen LogP contribution in [0.2, 0.25) is 0 Å². The lowest BCUT2D eigenvalue weighted by atomic mass is 9.93. The zero-order chi connectivity index (χ0) is 17.3. The Morgan fingerprint density at radius 1 is 1.22 bits per heavy atom. The van der Waals surface area contributed by atoms with Gasteiger partial charge in [-0.2, -0.15) is 0 Å². The van der Waals surface area contributed by atoms with Crippen molar-refractivity contribution in [2.45, 2.75) is 40.2 Å². The van der Waals surface area contributed by atoms with Crippen LogP contribution in [0, 0.1) is 5.41 Å². The minimum Gasteiger partial charge on any atom is -0.460 e. The first-order valence-corrected chi connectivity index (χ1v) is 7.40. The lowest BCUT2D eigenvalue weighted by Gasteiger charge is -2.28. The van der Waals surface area contributed by atoms with Crippen LogP contribution in [0.3, 0.4) is 0 Å². The molecule has 0 saturated heterocycles. The molecule has 0 atom stereocenters. The highest BCUT2D eigenvalue weighted by molar-refractivity contribution is 6.03. The molecule has 0 saturated carbocycles. The minimum absolute atomic E-state index is 0.149. The second-order valence-corrected chi connectivity index (χ2v) is 7.03. The van der Waals surface area contributed by atoms with E-state index in [1.54, 1.807) is 26.1 Å². The molecule has 0 aliphatic carbocycles. The lowest BCUT2D eigenvalue weighted by molar-refractivity contribution is -0.165. The van der Waals surface area contributed by atoms with Gasteiger partial charge in [-0.15, -0.1) is 0 Å². The molecule has 0 aliphatic heterocycles. The standard InChI is InChI=1S/C16H22N4O3/c1-15(2,3)23-14(22)16(4,5)8-18-13(21)11-10-6-7-17-12(10)20-9-19-11/h6-7,9H,8H2,1-5H3,(H,18,21)(H,17,19,20). The molecular formula is C16H22N4O3. The summed E-state index contributed by atoms with van der Waals surface area (Å²) in [6.07, 6.45) is 3.02. The molecule has 0 aliphatic rings. The third-order valence-corrected chi connectivity index (χ3v) is 3.21. The Balaban J connectivity index is 2.06. The summed E-state index contributed by atoms with van der Waals surface area (Å²) in [4.78, 5) is 35.5. The predicted molar refractivity (Wildman–Crippen MR) is 85.8 cm³/mol. The fraction of sp³-hybridized carbons (Fsp3) is 0.500. The highest BCUT2D eigenvalue weighted by atomic mass is 16.6. The van der Waals surface area contributed by atoms with Gasteiger partial charge in [-0.1, -0.05) is 0 Å². The molecule has 0 aromatic carbocycles. The number of fused-ring (bicyclic) bond motifs is 1. The van der Waals surface area contributed by atoms with Crippen molar-refractivity contribution in [2.24, 2.45) is 5.41 Å². The van der Waals surface area contributed by atoms with Crippen LogP contribution in [0.5, 0.6) is 0 Å². The smallest absolute Gasteiger partial charge is 0.313 e. The number of hydrogen-bond acceptors (Lipinski definition) is 5. The van der Waals surface area contributed by atoms with E-state index in [1.165, 1.54) is 6.33 Å². The van der Waals surface area contributed by atoms with Crippen LogP contribution < -0.4 is 5.32 Å². The van der Waals surface area contributed by atoms with Gasteiger partial charge in [0.25, 0.3) is 5.91 Å². The summed E-state index contributed by atoms with van der Waals surface area (Å²) >= 11 is 0. The van der Waals surface area contributed by atoms with Crippen molar-refractivity contribution in [3.63, 3.8) is 0 Å². The number of nitrogens with zero attached hydrogens (tertiary/aromatic N) is 2. The normalized spacial score (nSPS) is 12.2. The van der Waals surface area contributed by atoms with Gasteiger partial charge in [0.1, 0.15) is 23.3 Å². The van der Waals surface area contributed by atoms with Crippen molar-refractivity contribution in [3.05, 3.63) is 24.3 Å². The molecule has 0 unspecified atom stereocenters. The van der Waals surface area contributed by atoms with E-state index in [4.69, 9.17) is 4.74 Å². The van der Waals surface area contributed by atoms with Crippen LogP contribution in [0.15, 0.2) is 18.6 Å². The molecule has 7 heteroatoms. The van der Waals surface area contributed by atoms with E-state index in [-0.39, 0.29) is 24.1 Å². The Bertz CT molecular complexity index is 728. The number of rotatable bonds is 4. The molecule has 0 bridgehead atoms. The summed E-state index contributed by atoms with van der Waals surface area (Å²) < 4.78 is 5.38. The van der Waals surface area contributed by atoms with Crippen LogP contribution in [0.25, 0.3) is 11.0 Å². The van der Waals surface area contributed by atoms with Crippen molar-refractivity contribution < 1.29 is 14.3 Å². The Labute approximate surface area is 134 Å². The van der Waals surface area contributed by atoms with Gasteiger partial charge in [0, 0.05) is 12.7 Å². The summed E-state index contributed by atoms with van der Waals surface area (Å²) in [5.74, 6) is -0.714. The van der Waals surface area contributed by atoms with Crippen LogP contribution in [0.4, 0.5) is 0 Å². The SMILES string of the molecule is CC(C)(C)OC(=O)C(C)(C)CNC(=O)c1ncnc2[nH]ccc12. The van der Waals surface area contributed by atoms with Gasteiger partial charge in [0.2, 0.25) is 0 Å². The molecule has 23 heavy (non-hydrogen) atoms. The monoisotopic (exact) mass is 318 g/mol.